The maximum Gasteiger partial charge on any atom is 0.262 e. The number of carbonyl (C=O) groups is 2. The monoisotopic (exact) mass is 293 g/mol. The van der Waals surface area contributed by atoms with Crippen LogP contribution in [0.4, 0.5) is 5.69 Å². The van der Waals surface area contributed by atoms with Gasteiger partial charge < -0.3 is 10.1 Å². The fourth-order valence-corrected chi connectivity index (χ4v) is 3.28. The average molecular weight is 294 g/mol. The summed E-state index contributed by atoms with van der Waals surface area (Å²) in [6, 6.07) is 3.26. The molecule has 0 spiro atoms. The molecule has 2 atom stereocenters. The highest BCUT2D eigenvalue weighted by Crippen LogP contribution is 2.38. The van der Waals surface area contributed by atoms with Crippen LogP contribution in [-0.4, -0.2) is 18.3 Å². The molecule has 0 aromatic heterocycles. The predicted molar refractivity (Wildman–Crippen MR) is 76.4 cm³/mol. The van der Waals surface area contributed by atoms with E-state index in [-0.39, 0.29) is 24.2 Å². The number of benzene rings is 1. The Bertz CT molecular complexity index is 585. The van der Waals surface area contributed by atoms with Gasteiger partial charge in [-0.1, -0.05) is 24.9 Å². The van der Waals surface area contributed by atoms with E-state index in [0.717, 1.165) is 19.3 Å². The topological polar surface area (TPSA) is 55.4 Å². The number of carbonyl (C=O) groups excluding carboxylic acids is 2. The van der Waals surface area contributed by atoms with Gasteiger partial charge in [-0.05, 0) is 30.9 Å². The Balaban J connectivity index is 1.94. The third-order valence-electron chi connectivity index (χ3n) is 4.17. The van der Waals surface area contributed by atoms with Crippen molar-refractivity contribution in [2.75, 3.05) is 11.9 Å². The molecule has 4 nitrogen and oxygen atoms in total. The van der Waals surface area contributed by atoms with Crippen LogP contribution in [0.25, 0.3) is 0 Å². The average Bonchev–Trinajstić information content (AvgIpc) is 2.83. The first-order chi connectivity index (χ1) is 9.56. The van der Waals surface area contributed by atoms with Crippen LogP contribution in [0.5, 0.6) is 5.75 Å². The van der Waals surface area contributed by atoms with E-state index in [2.05, 4.69) is 12.2 Å². The van der Waals surface area contributed by atoms with Gasteiger partial charge in [-0.15, -0.1) is 0 Å². The smallest absolute Gasteiger partial charge is 0.262 e. The maximum atomic E-state index is 12.6. The summed E-state index contributed by atoms with van der Waals surface area (Å²) in [4.78, 5) is 23.9. The van der Waals surface area contributed by atoms with E-state index in [1.165, 1.54) is 0 Å². The van der Waals surface area contributed by atoms with E-state index in [4.69, 9.17) is 16.3 Å². The van der Waals surface area contributed by atoms with Gasteiger partial charge in [0.15, 0.2) is 12.4 Å². The van der Waals surface area contributed by atoms with Gasteiger partial charge in [-0.2, -0.15) is 0 Å². The normalized spacial score (nSPS) is 24.8. The lowest BCUT2D eigenvalue weighted by Crippen LogP contribution is -2.26. The second-order valence-corrected chi connectivity index (χ2v) is 5.95. The van der Waals surface area contributed by atoms with Crippen LogP contribution in [0.15, 0.2) is 12.1 Å². The molecule has 1 aliphatic carbocycles. The number of hydrogen-bond donors (Lipinski definition) is 1. The van der Waals surface area contributed by atoms with E-state index in [9.17, 15) is 9.59 Å². The largest absolute Gasteiger partial charge is 0.482 e. The highest BCUT2D eigenvalue weighted by Gasteiger charge is 2.32. The number of ether oxygens (including phenoxy) is 1. The Morgan fingerprint density at radius 1 is 1.40 bits per heavy atom. The van der Waals surface area contributed by atoms with Crippen molar-refractivity contribution >= 4 is 29.0 Å². The summed E-state index contributed by atoms with van der Waals surface area (Å²) >= 11 is 6.20. The van der Waals surface area contributed by atoms with Crippen LogP contribution in [0.2, 0.25) is 5.02 Å². The Hall–Kier alpha value is -1.55. The zero-order valence-electron chi connectivity index (χ0n) is 11.2. The van der Waals surface area contributed by atoms with E-state index >= 15 is 0 Å². The van der Waals surface area contributed by atoms with Gasteiger partial charge >= 0.3 is 0 Å². The fourth-order valence-electron chi connectivity index (χ4n) is 3.02. The van der Waals surface area contributed by atoms with E-state index < -0.39 is 0 Å². The van der Waals surface area contributed by atoms with Gasteiger partial charge in [-0.25, -0.2) is 0 Å². The molecule has 1 fully saturated rings. The van der Waals surface area contributed by atoms with Crippen molar-refractivity contribution in [1.29, 1.82) is 0 Å². The van der Waals surface area contributed by atoms with Gasteiger partial charge in [0.25, 0.3) is 5.91 Å². The molecule has 1 N–H and O–H groups in total. The number of anilines is 1. The molecule has 0 bridgehead atoms. The van der Waals surface area contributed by atoms with Crippen LogP contribution in [0, 0.1) is 11.8 Å². The molecular formula is C15H16ClNO3. The molecule has 0 saturated heterocycles. The van der Waals surface area contributed by atoms with Gasteiger partial charge in [-0.3, -0.25) is 9.59 Å². The number of fused-ring (bicyclic) bond motifs is 1. The molecule has 5 heteroatoms. The second-order valence-electron chi connectivity index (χ2n) is 5.54. The summed E-state index contributed by atoms with van der Waals surface area (Å²) in [7, 11) is 0. The molecule has 1 amide bonds. The van der Waals surface area contributed by atoms with Crippen LogP contribution in [-0.2, 0) is 4.79 Å². The SMILES string of the molecule is CC1CCCC1C(=O)c1cc2c(cc1Cl)NC(=O)CO2. The minimum absolute atomic E-state index is 0.0257. The lowest BCUT2D eigenvalue weighted by molar-refractivity contribution is -0.118. The number of nitrogens with one attached hydrogen (secondary N) is 1. The van der Waals surface area contributed by atoms with Crippen molar-refractivity contribution in [3.63, 3.8) is 0 Å². The van der Waals surface area contributed by atoms with E-state index in [1.54, 1.807) is 12.1 Å². The summed E-state index contributed by atoms with van der Waals surface area (Å²) in [6.45, 7) is 2.08. The van der Waals surface area contributed by atoms with Gasteiger partial charge in [0, 0.05) is 11.5 Å². The first-order valence-electron chi connectivity index (χ1n) is 6.86. The molecule has 1 saturated carbocycles. The first kappa shape index (κ1) is 13.4. The first-order valence-corrected chi connectivity index (χ1v) is 7.24. The molecule has 1 aromatic carbocycles. The van der Waals surface area contributed by atoms with Crippen molar-refractivity contribution < 1.29 is 14.3 Å². The van der Waals surface area contributed by atoms with Crippen molar-refractivity contribution in [3.8, 4) is 5.75 Å². The van der Waals surface area contributed by atoms with Crippen molar-refractivity contribution in [2.24, 2.45) is 11.8 Å². The summed E-state index contributed by atoms with van der Waals surface area (Å²) < 4.78 is 5.35. The van der Waals surface area contributed by atoms with Crippen molar-refractivity contribution in [2.45, 2.75) is 26.2 Å². The molecule has 1 heterocycles. The molecule has 106 valence electrons. The van der Waals surface area contributed by atoms with Crippen LogP contribution in [0.1, 0.15) is 36.5 Å². The molecular weight excluding hydrogens is 278 g/mol. The van der Waals surface area contributed by atoms with Crippen molar-refractivity contribution in [1.82, 2.24) is 0 Å². The molecule has 2 unspecified atom stereocenters. The number of ketones is 1. The predicted octanol–water partition coefficient (Wildman–Crippen LogP) is 3.29. The van der Waals surface area contributed by atoms with Crippen LogP contribution in [0.3, 0.4) is 0 Å². The van der Waals surface area contributed by atoms with Gasteiger partial charge in [0.1, 0.15) is 5.75 Å². The van der Waals surface area contributed by atoms with Crippen LogP contribution >= 0.6 is 11.6 Å². The lowest BCUT2D eigenvalue weighted by Gasteiger charge is -2.21. The summed E-state index contributed by atoms with van der Waals surface area (Å²) in [5.74, 6) is 0.835. The molecule has 1 aromatic rings. The Labute approximate surface area is 122 Å². The number of Topliss-reactive ketones (excluding diaryl/α,β-unsaturated/α-hetero) is 1. The quantitative estimate of drug-likeness (QED) is 0.851. The minimum Gasteiger partial charge on any atom is -0.482 e. The van der Waals surface area contributed by atoms with Gasteiger partial charge in [0.05, 0.1) is 10.7 Å². The Morgan fingerprint density at radius 2 is 2.20 bits per heavy atom. The Kier molecular flexibility index (Phi) is 3.42. The summed E-state index contributed by atoms with van der Waals surface area (Å²) in [5, 5.41) is 3.06. The zero-order chi connectivity index (χ0) is 14.3. The number of amides is 1. The molecule has 1 aliphatic heterocycles. The zero-order valence-corrected chi connectivity index (χ0v) is 12.0. The van der Waals surface area contributed by atoms with E-state index in [0.29, 0.717) is 27.9 Å². The minimum atomic E-state index is -0.211. The number of halogens is 1. The highest BCUT2D eigenvalue weighted by atomic mass is 35.5. The molecule has 3 rings (SSSR count). The van der Waals surface area contributed by atoms with Crippen molar-refractivity contribution in [3.05, 3.63) is 22.7 Å². The summed E-state index contributed by atoms with van der Waals surface area (Å²) in [6.07, 6.45) is 3.10. The summed E-state index contributed by atoms with van der Waals surface area (Å²) in [5.41, 5.74) is 1.03. The molecule has 20 heavy (non-hydrogen) atoms. The van der Waals surface area contributed by atoms with E-state index in [1.807, 2.05) is 0 Å². The fraction of sp³-hybridized carbons (Fsp3) is 0.467. The Morgan fingerprint density at radius 3 is 2.90 bits per heavy atom. The van der Waals surface area contributed by atoms with Crippen LogP contribution < -0.4 is 10.1 Å². The number of hydrogen-bond acceptors (Lipinski definition) is 3. The molecule has 2 aliphatic rings. The third-order valence-corrected chi connectivity index (χ3v) is 4.48. The number of rotatable bonds is 2. The third kappa shape index (κ3) is 2.29. The van der Waals surface area contributed by atoms with Gasteiger partial charge in [0.2, 0.25) is 0 Å². The highest BCUT2D eigenvalue weighted by molar-refractivity contribution is 6.34. The lowest BCUT2D eigenvalue weighted by atomic mass is 9.89. The maximum absolute atomic E-state index is 12.6. The standard InChI is InChI=1S/C15H16ClNO3/c1-8-3-2-4-9(8)15(19)10-5-13-12(6-11(10)16)17-14(18)7-20-13/h5-6,8-9H,2-4,7H2,1H3,(H,17,18). The molecule has 0 radical (unpaired) electrons. The second kappa shape index (κ2) is 5.09.